The summed E-state index contributed by atoms with van der Waals surface area (Å²) in [7, 11) is 6.76. The Balaban J connectivity index is 1.53. The summed E-state index contributed by atoms with van der Waals surface area (Å²) in [4.78, 5) is 10.5. The van der Waals surface area contributed by atoms with E-state index in [2.05, 4.69) is 35.9 Å². The van der Waals surface area contributed by atoms with Crippen molar-refractivity contribution in [2.45, 2.75) is 44.3 Å². The molecule has 0 aromatic carbocycles. The van der Waals surface area contributed by atoms with E-state index in [0.29, 0.717) is 0 Å². The summed E-state index contributed by atoms with van der Waals surface area (Å²) in [6.07, 6.45) is 7.67. The molecule has 0 saturated heterocycles. The third-order valence-electron chi connectivity index (χ3n) is 5.21. The summed E-state index contributed by atoms with van der Waals surface area (Å²) < 4.78 is 0. The van der Waals surface area contributed by atoms with Gasteiger partial charge < -0.3 is 4.90 Å². The SMILES string of the molecule is CN(C)C1C[C@@H]2CC(N(C)Cc3cncs3)C[C@@H]2C1. The first kappa shape index (κ1) is 13.5. The number of hydrogen-bond donors (Lipinski definition) is 0. The highest BCUT2D eigenvalue weighted by Crippen LogP contribution is 2.46. The van der Waals surface area contributed by atoms with Crippen molar-refractivity contribution >= 4 is 11.3 Å². The Morgan fingerprint density at radius 1 is 1.11 bits per heavy atom. The molecule has 2 aliphatic carbocycles. The molecule has 2 fully saturated rings. The summed E-state index contributed by atoms with van der Waals surface area (Å²) in [5.41, 5.74) is 1.94. The van der Waals surface area contributed by atoms with Crippen LogP contribution in [0.5, 0.6) is 0 Å². The van der Waals surface area contributed by atoms with Crippen molar-refractivity contribution in [2.24, 2.45) is 11.8 Å². The lowest BCUT2D eigenvalue weighted by atomic mass is 10.0. The predicted octanol–water partition coefficient (Wildman–Crippen LogP) is 2.69. The Labute approximate surface area is 120 Å². The molecule has 1 heterocycles. The van der Waals surface area contributed by atoms with E-state index in [-0.39, 0.29) is 0 Å². The zero-order valence-electron chi connectivity index (χ0n) is 12.2. The summed E-state index contributed by atoms with van der Waals surface area (Å²) in [6.45, 7) is 1.08. The van der Waals surface area contributed by atoms with Crippen molar-refractivity contribution in [3.8, 4) is 0 Å². The van der Waals surface area contributed by atoms with Gasteiger partial charge >= 0.3 is 0 Å². The summed E-state index contributed by atoms with van der Waals surface area (Å²) in [5.74, 6) is 1.95. The van der Waals surface area contributed by atoms with E-state index >= 15 is 0 Å². The summed E-state index contributed by atoms with van der Waals surface area (Å²) in [5, 5.41) is 0. The lowest BCUT2D eigenvalue weighted by molar-refractivity contribution is 0.213. The normalized spacial score (nSPS) is 34.4. The molecule has 0 aliphatic heterocycles. The van der Waals surface area contributed by atoms with E-state index < -0.39 is 0 Å². The Hall–Kier alpha value is -0.450. The van der Waals surface area contributed by atoms with Crippen LogP contribution in [0.15, 0.2) is 11.7 Å². The highest BCUT2D eigenvalue weighted by atomic mass is 32.1. The predicted molar refractivity (Wildman–Crippen MR) is 80.3 cm³/mol. The van der Waals surface area contributed by atoms with Gasteiger partial charge in [0.05, 0.1) is 5.51 Å². The lowest BCUT2D eigenvalue weighted by Gasteiger charge is -2.26. The van der Waals surface area contributed by atoms with Crippen LogP contribution in [0.3, 0.4) is 0 Å². The van der Waals surface area contributed by atoms with Crippen LogP contribution < -0.4 is 0 Å². The number of aromatic nitrogens is 1. The molecule has 19 heavy (non-hydrogen) atoms. The fourth-order valence-electron chi connectivity index (χ4n) is 4.03. The Bertz CT molecular complexity index is 390. The molecule has 3 rings (SSSR count). The van der Waals surface area contributed by atoms with Crippen LogP contribution in [-0.2, 0) is 6.54 Å². The zero-order valence-corrected chi connectivity index (χ0v) is 13.1. The molecule has 0 spiro atoms. The zero-order chi connectivity index (χ0) is 13.4. The molecule has 2 aliphatic rings. The highest BCUT2D eigenvalue weighted by molar-refractivity contribution is 7.09. The second-order valence-electron chi connectivity index (χ2n) is 6.62. The van der Waals surface area contributed by atoms with Gasteiger partial charge in [-0.05, 0) is 58.7 Å². The monoisotopic (exact) mass is 279 g/mol. The Morgan fingerprint density at radius 2 is 1.74 bits per heavy atom. The molecule has 4 heteroatoms. The standard InChI is InChI=1S/C15H25N3S/c1-17(2)13-4-11-6-14(7-12(11)5-13)18(3)9-15-8-16-10-19-15/h8,10-14H,4-7,9H2,1-3H3/t11-,12+,13?,14?. The minimum absolute atomic E-state index is 0.792. The van der Waals surface area contributed by atoms with E-state index in [9.17, 15) is 0 Å². The molecule has 0 bridgehead atoms. The average Bonchev–Trinajstić information content (AvgIpc) is 3.01. The summed E-state index contributed by atoms with van der Waals surface area (Å²) >= 11 is 1.78. The molecule has 0 amide bonds. The van der Waals surface area contributed by atoms with Crippen molar-refractivity contribution in [3.63, 3.8) is 0 Å². The van der Waals surface area contributed by atoms with Crippen LogP contribution >= 0.6 is 11.3 Å². The lowest BCUT2D eigenvalue weighted by Crippen LogP contribution is -2.31. The van der Waals surface area contributed by atoms with Crippen molar-refractivity contribution in [3.05, 3.63) is 16.6 Å². The molecule has 0 N–H and O–H groups in total. The van der Waals surface area contributed by atoms with E-state index in [1.807, 2.05) is 11.7 Å². The fraction of sp³-hybridized carbons (Fsp3) is 0.800. The van der Waals surface area contributed by atoms with Gasteiger partial charge in [0.1, 0.15) is 0 Å². The number of fused-ring (bicyclic) bond motifs is 1. The fourth-order valence-corrected chi connectivity index (χ4v) is 4.69. The minimum atomic E-state index is 0.792. The molecular formula is C15H25N3S. The van der Waals surface area contributed by atoms with E-state index in [4.69, 9.17) is 0 Å². The molecule has 1 aromatic heterocycles. The van der Waals surface area contributed by atoms with Crippen LogP contribution in [0.2, 0.25) is 0 Å². The number of thiazole rings is 1. The number of hydrogen-bond acceptors (Lipinski definition) is 4. The summed E-state index contributed by atoms with van der Waals surface area (Å²) in [6, 6.07) is 1.63. The van der Waals surface area contributed by atoms with E-state index in [1.165, 1.54) is 30.6 Å². The maximum absolute atomic E-state index is 4.17. The molecule has 2 saturated carbocycles. The van der Waals surface area contributed by atoms with Gasteiger partial charge in [-0.2, -0.15) is 0 Å². The number of nitrogens with zero attached hydrogens (tertiary/aromatic N) is 3. The molecule has 1 aromatic rings. The first-order valence-corrected chi connectivity index (χ1v) is 8.25. The van der Waals surface area contributed by atoms with Crippen LogP contribution in [-0.4, -0.2) is 48.0 Å². The molecule has 106 valence electrons. The molecule has 4 atom stereocenters. The quantitative estimate of drug-likeness (QED) is 0.845. The first-order chi connectivity index (χ1) is 9.13. The van der Waals surface area contributed by atoms with Crippen LogP contribution in [0, 0.1) is 11.8 Å². The van der Waals surface area contributed by atoms with Gasteiger partial charge in [0, 0.05) is 29.7 Å². The average molecular weight is 279 g/mol. The van der Waals surface area contributed by atoms with Gasteiger partial charge in [0.2, 0.25) is 0 Å². The van der Waals surface area contributed by atoms with Gasteiger partial charge in [-0.1, -0.05) is 0 Å². The highest BCUT2D eigenvalue weighted by Gasteiger charge is 2.43. The van der Waals surface area contributed by atoms with Gasteiger partial charge in [-0.25, -0.2) is 0 Å². The Kier molecular flexibility index (Phi) is 3.92. The van der Waals surface area contributed by atoms with Gasteiger partial charge in [0.25, 0.3) is 0 Å². The Morgan fingerprint density at radius 3 is 2.26 bits per heavy atom. The molecule has 0 radical (unpaired) electrons. The maximum Gasteiger partial charge on any atom is 0.0794 e. The number of rotatable bonds is 4. The largest absolute Gasteiger partial charge is 0.306 e. The van der Waals surface area contributed by atoms with Crippen LogP contribution in [0.4, 0.5) is 0 Å². The van der Waals surface area contributed by atoms with E-state index in [0.717, 1.165) is 30.5 Å². The van der Waals surface area contributed by atoms with Gasteiger partial charge in [0.15, 0.2) is 0 Å². The third kappa shape index (κ3) is 2.86. The minimum Gasteiger partial charge on any atom is -0.306 e. The van der Waals surface area contributed by atoms with Gasteiger partial charge in [-0.15, -0.1) is 11.3 Å². The van der Waals surface area contributed by atoms with Crippen molar-refractivity contribution in [1.29, 1.82) is 0 Å². The maximum atomic E-state index is 4.17. The van der Waals surface area contributed by atoms with Crippen LogP contribution in [0.25, 0.3) is 0 Å². The van der Waals surface area contributed by atoms with Crippen LogP contribution in [0.1, 0.15) is 30.6 Å². The second kappa shape index (κ2) is 5.51. The van der Waals surface area contributed by atoms with E-state index in [1.54, 1.807) is 11.3 Å². The molecular weight excluding hydrogens is 254 g/mol. The van der Waals surface area contributed by atoms with Crippen molar-refractivity contribution in [1.82, 2.24) is 14.8 Å². The first-order valence-electron chi connectivity index (χ1n) is 7.37. The van der Waals surface area contributed by atoms with Gasteiger partial charge in [-0.3, -0.25) is 9.88 Å². The smallest absolute Gasteiger partial charge is 0.0794 e. The third-order valence-corrected chi connectivity index (χ3v) is 5.97. The second-order valence-corrected chi connectivity index (χ2v) is 7.59. The van der Waals surface area contributed by atoms with Crippen molar-refractivity contribution in [2.75, 3.05) is 21.1 Å². The molecule has 3 nitrogen and oxygen atoms in total. The topological polar surface area (TPSA) is 19.4 Å². The van der Waals surface area contributed by atoms with Crippen molar-refractivity contribution < 1.29 is 0 Å². The molecule has 2 unspecified atom stereocenters.